The van der Waals surface area contributed by atoms with Gasteiger partial charge in [-0.05, 0) is 75.1 Å². The van der Waals surface area contributed by atoms with Crippen molar-refractivity contribution in [3.05, 3.63) is 69.8 Å². The number of esters is 1. The molecule has 1 aromatic heterocycles. The molecule has 37 heavy (non-hydrogen) atoms. The van der Waals surface area contributed by atoms with Crippen LogP contribution in [0.15, 0.2) is 51.6 Å². The first-order valence-corrected chi connectivity index (χ1v) is 12.2. The normalized spacial score (nSPS) is 14.5. The quantitative estimate of drug-likeness (QED) is 0.318. The van der Waals surface area contributed by atoms with Crippen molar-refractivity contribution in [2.24, 2.45) is 5.92 Å². The number of nitrogens with zero attached hydrogens (tertiary/aromatic N) is 1. The lowest BCUT2D eigenvalue weighted by Gasteiger charge is -2.19. The Hall–Kier alpha value is -4.14. The summed E-state index contributed by atoms with van der Waals surface area (Å²) in [5.74, 6) is -1.57. The molecule has 0 fully saturated rings. The maximum absolute atomic E-state index is 13.1. The molecule has 9 nitrogen and oxygen atoms in total. The molecule has 9 heteroatoms. The number of hydrogen-bond acceptors (Lipinski definition) is 6. The fourth-order valence-electron chi connectivity index (χ4n) is 3.88. The average molecular weight is 508 g/mol. The van der Waals surface area contributed by atoms with E-state index in [0.717, 1.165) is 11.1 Å². The Morgan fingerprint density at radius 3 is 2.43 bits per heavy atom. The number of furan rings is 1. The first-order chi connectivity index (χ1) is 17.5. The van der Waals surface area contributed by atoms with Crippen molar-refractivity contribution in [1.29, 1.82) is 0 Å². The molecule has 1 aliphatic heterocycles. The molecule has 1 aliphatic rings. The third-order valence-corrected chi connectivity index (χ3v) is 5.90. The number of anilines is 1. The lowest BCUT2D eigenvalue weighted by Crippen LogP contribution is -2.34. The predicted molar refractivity (Wildman–Crippen MR) is 139 cm³/mol. The third kappa shape index (κ3) is 6.55. The highest BCUT2D eigenvalue weighted by molar-refractivity contribution is 6.39. The summed E-state index contributed by atoms with van der Waals surface area (Å²) in [6, 6.07) is 8.64. The number of ether oxygens (including phenoxy) is 1. The third-order valence-electron chi connectivity index (χ3n) is 5.90. The van der Waals surface area contributed by atoms with Gasteiger partial charge in [-0.25, -0.2) is 4.79 Å². The molecule has 2 N–H and O–H groups in total. The zero-order valence-electron chi connectivity index (χ0n) is 22.1. The van der Waals surface area contributed by atoms with Crippen molar-refractivity contribution >= 4 is 35.5 Å². The van der Waals surface area contributed by atoms with Crippen LogP contribution in [0.2, 0.25) is 0 Å². The summed E-state index contributed by atoms with van der Waals surface area (Å²) < 4.78 is 10.9. The lowest BCUT2D eigenvalue weighted by molar-refractivity contribution is -0.138. The number of nitrogens with one attached hydrogen (secondary N) is 2. The van der Waals surface area contributed by atoms with Crippen molar-refractivity contribution in [3.8, 4) is 0 Å². The molecule has 1 aromatic carbocycles. The van der Waals surface area contributed by atoms with Crippen molar-refractivity contribution in [3.63, 3.8) is 0 Å². The van der Waals surface area contributed by atoms with E-state index in [1.807, 2.05) is 33.8 Å². The Balaban J connectivity index is 1.70. The fourth-order valence-corrected chi connectivity index (χ4v) is 3.88. The van der Waals surface area contributed by atoms with Gasteiger partial charge < -0.3 is 24.7 Å². The van der Waals surface area contributed by atoms with Crippen LogP contribution in [0, 0.1) is 19.8 Å². The molecule has 196 valence electrons. The van der Waals surface area contributed by atoms with Crippen molar-refractivity contribution < 1.29 is 28.3 Å². The van der Waals surface area contributed by atoms with E-state index in [0.29, 0.717) is 29.4 Å². The molecular formula is C28H33N3O6. The highest BCUT2D eigenvalue weighted by Gasteiger charge is 2.37. The number of aryl methyl sites for hydroxylation is 2. The number of rotatable bonds is 8. The molecule has 0 bridgehead atoms. The molecule has 3 rings (SSSR count). The molecule has 0 atom stereocenters. The maximum atomic E-state index is 13.1. The molecule has 2 heterocycles. The van der Waals surface area contributed by atoms with Crippen LogP contribution < -0.4 is 10.6 Å². The predicted octanol–water partition coefficient (Wildman–Crippen LogP) is 3.87. The van der Waals surface area contributed by atoms with Crippen LogP contribution in [0.3, 0.4) is 0 Å². The zero-order chi connectivity index (χ0) is 27.3. The van der Waals surface area contributed by atoms with Crippen LogP contribution in [-0.4, -0.2) is 41.7 Å². The Morgan fingerprint density at radius 1 is 1.05 bits per heavy atom. The van der Waals surface area contributed by atoms with E-state index in [2.05, 4.69) is 10.6 Å². The first-order valence-electron chi connectivity index (χ1n) is 12.2. The van der Waals surface area contributed by atoms with E-state index in [4.69, 9.17) is 9.15 Å². The highest BCUT2D eigenvalue weighted by atomic mass is 16.5. The fraction of sp³-hybridized carbons (Fsp3) is 0.357. The van der Waals surface area contributed by atoms with Crippen molar-refractivity contribution in [1.82, 2.24) is 10.2 Å². The van der Waals surface area contributed by atoms with Crippen LogP contribution >= 0.6 is 0 Å². The average Bonchev–Trinajstić information content (AvgIpc) is 3.38. The van der Waals surface area contributed by atoms with Gasteiger partial charge in [-0.2, -0.15) is 0 Å². The van der Waals surface area contributed by atoms with Gasteiger partial charge in [-0.1, -0.05) is 19.9 Å². The number of amides is 3. The molecule has 2 aromatic rings. The van der Waals surface area contributed by atoms with Gasteiger partial charge >= 0.3 is 17.8 Å². The molecule has 0 saturated heterocycles. The summed E-state index contributed by atoms with van der Waals surface area (Å²) in [5, 5.41) is 5.09. The minimum Gasteiger partial charge on any atom is -0.462 e. The summed E-state index contributed by atoms with van der Waals surface area (Å²) in [6.07, 6.45) is 1.50. The Labute approximate surface area is 216 Å². The van der Waals surface area contributed by atoms with Crippen molar-refractivity contribution in [2.45, 2.75) is 48.1 Å². The van der Waals surface area contributed by atoms with Crippen LogP contribution in [0.1, 0.15) is 50.3 Å². The van der Waals surface area contributed by atoms with Gasteiger partial charge in [0.2, 0.25) is 0 Å². The van der Waals surface area contributed by atoms with E-state index in [-0.39, 0.29) is 36.1 Å². The van der Waals surface area contributed by atoms with Crippen LogP contribution in [0.4, 0.5) is 5.69 Å². The van der Waals surface area contributed by atoms with Gasteiger partial charge in [-0.15, -0.1) is 0 Å². The first kappa shape index (κ1) is 27.4. The minimum atomic E-state index is -0.812. The summed E-state index contributed by atoms with van der Waals surface area (Å²) in [4.78, 5) is 51.8. The monoisotopic (exact) mass is 507 g/mol. The second kappa shape index (κ2) is 11.7. The van der Waals surface area contributed by atoms with E-state index >= 15 is 0 Å². The Kier molecular flexibility index (Phi) is 8.70. The Bertz CT molecular complexity index is 1280. The van der Waals surface area contributed by atoms with E-state index in [1.54, 1.807) is 43.0 Å². The number of benzene rings is 1. The topological polar surface area (TPSA) is 118 Å². The standard InChI is InChI=1S/C28H33N3O6/c1-7-36-28(35)24-19(6)31(15-16(2)3)27(34)23(24)13-21-10-11-22(37-21)14-29-25(32)26(33)30-20-9-8-17(4)18(5)12-20/h8-13,16H,7,14-15H2,1-6H3,(H,29,32)(H,30,33)/b23-13+. The molecule has 0 spiro atoms. The molecule has 3 amide bonds. The van der Waals surface area contributed by atoms with Crippen molar-refractivity contribution in [2.75, 3.05) is 18.5 Å². The molecule has 0 aliphatic carbocycles. The number of hydrogen-bond donors (Lipinski definition) is 2. The summed E-state index contributed by atoms with van der Waals surface area (Å²) in [6.45, 7) is 11.9. The number of allylic oxidation sites excluding steroid dienone is 1. The lowest BCUT2D eigenvalue weighted by atomic mass is 10.1. The van der Waals surface area contributed by atoms with Gasteiger partial charge in [-0.3, -0.25) is 14.4 Å². The summed E-state index contributed by atoms with van der Waals surface area (Å²) >= 11 is 0. The van der Waals surface area contributed by atoms with E-state index < -0.39 is 17.8 Å². The Morgan fingerprint density at radius 2 is 1.78 bits per heavy atom. The van der Waals surface area contributed by atoms with Crippen LogP contribution in [0.25, 0.3) is 6.08 Å². The molecule has 0 radical (unpaired) electrons. The summed E-state index contributed by atoms with van der Waals surface area (Å²) in [7, 11) is 0. The minimum absolute atomic E-state index is 0.0324. The van der Waals surface area contributed by atoms with Gasteiger partial charge in [0.1, 0.15) is 11.5 Å². The van der Waals surface area contributed by atoms with E-state index in [9.17, 15) is 19.2 Å². The van der Waals surface area contributed by atoms with Gasteiger partial charge in [0, 0.05) is 17.9 Å². The van der Waals surface area contributed by atoms with E-state index in [1.165, 1.54) is 6.08 Å². The number of carbonyl (C=O) groups is 4. The second-order valence-electron chi connectivity index (χ2n) is 9.29. The smallest absolute Gasteiger partial charge is 0.340 e. The van der Waals surface area contributed by atoms with Gasteiger partial charge in [0.05, 0.1) is 24.3 Å². The zero-order valence-corrected chi connectivity index (χ0v) is 22.1. The second-order valence-corrected chi connectivity index (χ2v) is 9.29. The highest BCUT2D eigenvalue weighted by Crippen LogP contribution is 2.32. The largest absolute Gasteiger partial charge is 0.462 e. The summed E-state index contributed by atoms with van der Waals surface area (Å²) in [5.41, 5.74) is 3.55. The molecular weight excluding hydrogens is 474 g/mol. The maximum Gasteiger partial charge on any atom is 0.340 e. The van der Waals surface area contributed by atoms with Crippen LogP contribution in [0.5, 0.6) is 0 Å². The van der Waals surface area contributed by atoms with Gasteiger partial charge in [0.25, 0.3) is 5.91 Å². The number of carbonyl (C=O) groups excluding carboxylic acids is 4. The molecule has 0 saturated carbocycles. The van der Waals surface area contributed by atoms with Crippen LogP contribution in [-0.2, 0) is 30.5 Å². The molecule has 0 unspecified atom stereocenters. The van der Waals surface area contributed by atoms with Gasteiger partial charge in [0.15, 0.2) is 0 Å². The SMILES string of the molecule is CCOC(=O)C1=C(C)N(CC(C)C)C(=O)/C1=C/c1ccc(CNC(=O)C(=O)Nc2ccc(C)c(C)c2)o1.